The van der Waals surface area contributed by atoms with Crippen molar-refractivity contribution in [3.05, 3.63) is 28.8 Å². The van der Waals surface area contributed by atoms with Gasteiger partial charge in [-0.25, -0.2) is 0 Å². The van der Waals surface area contributed by atoms with E-state index in [0.29, 0.717) is 12.6 Å². The van der Waals surface area contributed by atoms with Crippen LogP contribution in [-0.2, 0) is 11.2 Å². The number of piperazine rings is 1. The van der Waals surface area contributed by atoms with Crippen LogP contribution in [0.2, 0.25) is 0 Å². The molecule has 3 nitrogen and oxygen atoms in total. The zero-order valence-electron chi connectivity index (χ0n) is 9.71. The number of amides is 1. The van der Waals surface area contributed by atoms with Gasteiger partial charge in [0.05, 0.1) is 12.6 Å². The molecule has 1 aromatic carbocycles. The van der Waals surface area contributed by atoms with Crippen molar-refractivity contribution in [1.82, 2.24) is 5.32 Å². The molecule has 1 saturated heterocycles. The van der Waals surface area contributed by atoms with E-state index >= 15 is 0 Å². The maximum atomic E-state index is 11.9. The summed E-state index contributed by atoms with van der Waals surface area (Å²) < 4.78 is 0. The summed E-state index contributed by atoms with van der Waals surface area (Å²) in [6.07, 6.45) is 1.00. The van der Waals surface area contributed by atoms with Gasteiger partial charge in [0.15, 0.2) is 0 Å². The second-order valence-electron chi connectivity index (χ2n) is 4.83. The lowest BCUT2D eigenvalue weighted by molar-refractivity contribution is -0.119. The number of carbonyl (C=O) groups excluding carboxylic acids is 1. The number of hydrogen-bond acceptors (Lipinski definition) is 2. The smallest absolute Gasteiger partial charge is 0.241 e. The van der Waals surface area contributed by atoms with Gasteiger partial charge in [0, 0.05) is 12.2 Å². The molecular weight excluding hydrogens is 200 g/mol. The van der Waals surface area contributed by atoms with E-state index in [9.17, 15) is 4.79 Å². The summed E-state index contributed by atoms with van der Waals surface area (Å²) in [7, 11) is 0. The first kappa shape index (κ1) is 9.85. The van der Waals surface area contributed by atoms with E-state index in [4.69, 9.17) is 0 Å². The largest absolute Gasteiger partial charge is 0.306 e. The fourth-order valence-electron chi connectivity index (χ4n) is 2.91. The SMILES string of the molecule is Cc1cc(C)c2c(c1)N1C(=O)CNCC1C2. The summed E-state index contributed by atoms with van der Waals surface area (Å²) in [5, 5.41) is 3.18. The molecule has 0 saturated carbocycles. The Bertz CT molecular complexity index is 467. The second kappa shape index (κ2) is 3.32. The number of benzene rings is 1. The number of carbonyl (C=O) groups is 1. The van der Waals surface area contributed by atoms with Crippen LogP contribution >= 0.6 is 0 Å². The Morgan fingerprint density at radius 2 is 2.19 bits per heavy atom. The van der Waals surface area contributed by atoms with Gasteiger partial charge in [0.2, 0.25) is 5.91 Å². The molecule has 1 aromatic rings. The van der Waals surface area contributed by atoms with Gasteiger partial charge in [-0.15, -0.1) is 0 Å². The summed E-state index contributed by atoms with van der Waals surface area (Å²) >= 11 is 0. The molecule has 0 aromatic heterocycles. The van der Waals surface area contributed by atoms with Crippen LogP contribution in [-0.4, -0.2) is 25.0 Å². The summed E-state index contributed by atoms with van der Waals surface area (Å²) in [6, 6.07) is 4.68. The summed E-state index contributed by atoms with van der Waals surface area (Å²) in [5.41, 5.74) is 5.06. The third kappa shape index (κ3) is 1.28. The summed E-state index contributed by atoms with van der Waals surface area (Å²) in [6.45, 7) is 5.62. The molecule has 2 heterocycles. The minimum absolute atomic E-state index is 0.208. The van der Waals surface area contributed by atoms with Gasteiger partial charge in [0.25, 0.3) is 0 Å². The van der Waals surface area contributed by atoms with Crippen LogP contribution in [0.3, 0.4) is 0 Å². The van der Waals surface area contributed by atoms with Crippen LogP contribution in [0.15, 0.2) is 12.1 Å². The van der Waals surface area contributed by atoms with Crippen LogP contribution < -0.4 is 10.2 Å². The molecule has 3 rings (SSSR count). The summed E-state index contributed by atoms with van der Waals surface area (Å²) in [4.78, 5) is 13.9. The third-order valence-corrected chi connectivity index (χ3v) is 3.58. The summed E-state index contributed by atoms with van der Waals surface area (Å²) in [5.74, 6) is 0.208. The zero-order valence-corrected chi connectivity index (χ0v) is 9.71. The maximum absolute atomic E-state index is 11.9. The fraction of sp³-hybridized carbons (Fsp3) is 0.462. The van der Waals surface area contributed by atoms with Crippen molar-refractivity contribution in [3.8, 4) is 0 Å². The maximum Gasteiger partial charge on any atom is 0.241 e. The lowest BCUT2D eigenvalue weighted by Gasteiger charge is -2.30. The molecule has 1 fully saturated rings. The molecule has 0 spiro atoms. The van der Waals surface area contributed by atoms with Crippen LogP contribution in [0.5, 0.6) is 0 Å². The van der Waals surface area contributed by atoms with Crippen molar-refractivity contribution in [1.29, 1.82) is 0 Å². The normalized spacial score (nSPS) is 23.2. The Labute approximate surface area is 95.4 Å². The quantitative estimate of drug-likeness (QED) is 0.706. The van der Waals surface area contributed by atoms with Gasteiger partial charge < -0.3 is 10.2 Å². The number of rotatable bonds is 0. The van der Waals surface area contributed by atoms with Crippen LogP contribution in [0, 0.1) is 13.8 Å². The standard InChI is InChI=1S/C13H16N2O/c1-8-3-9(2)11-5-10-6-14-7-13(16)15(10)12(11)4-8/h3-4,10,14H,5-7H2,1-2H3. The highest BCUT2D eigenvalue weighted by molar-refractivity contribution is 5.98. The minimum Gasteiger partial charge on any atom is -0.306 e. The fourth-order valence-corrected chi connectivity index (χ4v) is 2.91. The molecule has 1 amide bonds. The highest BCUT2D eigenvalue weighted by Gasteiger charge is 2.36. The van der Waals surface area contributed by atoms with Gasteiger partial charge in [0.1, 0.15) is 0 Å². The van der Waals surface area contributed by atoms with Gasteiger partial charge in [-0.05, 0) is 43.0 Å². The lowest BCUT2D eigenvalue weighted by Crippen LogP contribution is -2.53. The van der Waals surface area contributed by atoms with E-state index in [0.717, 1.165) is 18.7 Å². The van der Waals surface area contributed by atoms with E-state index in [1.807, 2.05) is 4.90 Å². The minimum atomic E-state index is 0.208. The van der Waals surface area contributed by atoms with E-state index in [-0.39, 0.29) is 5.91 Å². The third-order valence-electron chi connectivity index (χ3n) is 3.58. The van der Waals surface area contributed by atoms with Gasteiger partial charge in [-0.2, -0.15) is 0 Å². The molecule has 0 radical (unpaired) electrons. The number of nitrogens with zero attached hydrogens (tertiary/aromatic N) is 1. The van der Waals surface area contributed by atoms with Crippen LogP contribution in [0.1, 0.15) is 16.7 Å². The molecule has 1 atom stereocenters. The van der Waals surface area contributed by atoms with Crippen molar-refractivity contribution in [2.24, 2.45) is 0 Å². The topological polar surface area (TPSA) is 32.3 Å². The van der Waals surface area contributed by atoms with E-state index in [2.05, 4.69) is 31.3 Å². The predicted molar refractivity (Wildman–Crippen MR) is 63.8 cm³/mol. The molecule has 3 heteroatoms. The van der Waals surface area contributed by atoms with Crippen LogP contribution in [0.4, 0.5) is 5.69 Å². The van der Waals surface area contributed by atoms with Crippen molar-refractivity contribution in [3.63, 3.8) is 0 Å². The number of nitrogens with one attached hydrogen (secondary N) is 1. The Hall–Kier alpha value is -1.35. The van der Waals surface area contributed by atoms with Gasteiger partial charge in [-0.1, -0.05) is 6.07 Å². The first-order chi connectivity index (χ1) is 7.66. The number of anilines is 1. The first-order valence-electron chi connectivity index (χ1n) is 5.79. The van der Waals surface area contributed by atoms with Gasteiger partial charge in [-0.3, -0.25) is 4.79 Å². The monoisotopic (exact) mass is 216 g/mol. The predicted octanol–water partition coefficient (Wildman–Crippen LogP) is 1.16. The highest BCUT2D eigenvalue weighted by Crippen LogP contribution is 2.36. The Balaban J connectivity index is 2.13. The number of hydrogen-bond donors (Lipinski definition) is 1. The molecule has 2 aliphatic rings. The second-order valence-corrected chi connectivity index (χ2v) is 4.83. The lowest BCUT2D eigenvalue weighted by atomic mass is 10.0. The zero-order chi connectivity index (χ0) is 11.3. The van der Waals surface area contributed by atoms with Crippen molar-refractivity contribution in [2.75, 3.05) is 18.0 Å². The van der Waals surface area contributed by atoms with Crippen molar-refractivity contribution < 1.29 is 4.79 Å². The van der Waals surface area contributed by atoms with Crippen LogP contribution in [0.25, 0.3) is 0 Å². The van der Waals surface area contributed by atoms with E-state index in [1.54, 1.807) is 0 Å². The Morgan fingerprint density at radius 3 is 3.00 bits per heavy atom. The molecule has 0 bridgehead atoms. The molecular formula is C13H16N2O. The average molecular weight is 216 g/mol. The van der Waals surface area contributed by atoms with E-state index in [1.165, 1.54) is 16.7 Å². The number of aryl methyl sites for hydroxylation is 2. The van der Waals surface area contributed by atoms with E-state index < -0.39 is 0 Å². The molecule has 2 aliphatic heterocycles. The molecule has 84 valence electrons. The highest BCUT2D eigenvalue weighted by atomic mass is 16.2. The molecule has 1 N–H and O–H groups in total. The number of fused-ring (bicyclic) bond motifs is 3. The molecule has 0 aliphatic carbocycles. The van der Waals surface area contributed by atoms with Gasteiger partial charge >= 0.3 is 0 Å². The van der Waals surface area contributed by atoms with Crippen molar-refractivity contribution in [2.45, 2.75) is 26.3 Å². The van der Waals surface area contributed by atoms with Crippen molar-refractivity contribution >= 4 is 11.6 Å². The average Bonchev–Trinajstić information content (AvgIpc) is 2.58. The Morgan fingerprint density at radius 1 is 1.38 bits per heavy atom. The molecule has 16 heavy (non-hydrogen) atoms. The molecule has 1 unspecified atom stereocenters. The first-order valence-corrected chi connectivity index (χ1v) is 5.79. The Kier molecular flexibility index (Phi) is 2.04.